The molecule has 0 amide bonds. The molecule has 0 aliphatic rings. The summed E-state index contributed by atoms with van der Waals surface area (Å²) in [5.74, 6) is -0.881. The third-order valence-corrected chi connectivity index (χ3v) is 5.88. The summed E-state index contributed by atoms with van der Waals surface area (Å²) in [4.78, 5) is 32.2. The van der Waals surface area contributed by atoms with Gasteiger partial charge in [0, 0.05) is 19.3 Å². The Morgan fingerprint density at radius 3 is 0.795 bits per heavy atom. The average molecular weight is 565 g/mol. The number of hydrogen-bond donors (Lipinski definition) is 3. The van der Waals surface area contributed by atoms with Crippen LogP contribution >= 0.6 is 0 Å². The Kier molecular flexibility index (Phi) is 41.2. The zero-order chi connectivity index (χ0) is 29.8. The van der Waals surface area contributed by atoms with Crippen LogP contribution in [0.25, 0.3) is 0 Å². The lowest BCUT2D eigenvalue weighted by Crippen LogP contribution is -2.04. The van der Waals surface area contributed by atoms with Gasteiger partial charge in [0.15, 0.2) is 20.4 Å². The highest BCUT2D eigenvalue weighted by Crippen LogP contribution is 2.09. The monoisotopic (exact) mass is 564 g/mol. The molecule has 0 aliphatic carbocycles. The van der Waals surface area contributed by atoms with E-state index in [1.165, 1.54) is 77.0 Å². The van der Waals surface area contributed by atoms with E-state index in [1.54, 1.807) is 0 Å². The van der Waals surface area contributed by atoms with Crippen molar-refractivity contribution in [2.75, 3.05) is 20.4 Å². The molecule has 0 aliphatic heterocycles. The van der Waals surface area contributed by atoms with Gasteiger partial charge in [0.1, 0.15) is 0 Å². The fraction of sp³-hybridized carbons (Fsp3) is 0.900. The molecule has 3 N–H and O–H groups in total. The van der Waals surface area contributed by atoms with E-state index in [0.29, 0.717) is 19.3 Å². The SMILES string of the molecule is CCCCCCCCC(=O)OCO.CCCCCCCCC(=O)OCO.CCCCCCCCC(=O)OCO. The number of unbranched alkanes of at least 4 members (excludes halogenated alkanes) is 15. The highest BCUT2D eigenvalue weighted by Gasteiger charge is 2.02. The van der Waals surface area contributed by atoms with Crippen molar-refractivity contribution < 1.29 is 43.9 Å². The van der Waals surface area contributed by atoms with E-state index >= 15 is 0 Å². The Morgan fingerprint density at radius 1 is 0.385 bits per heavy atom. The molecule has 0 aromatic carbocycles. The predicted molar refractivity (Wildman–Crippen MR) is 154 cm³/mol. The first-order chi connectivity index (χ1) is 18.9. The van der Waals surface area contributed by atoms with Crippen molar-refractivity contribution in [3.8, 4) is 0 Å². The lowest BCUT2D eigenvalue weighted by molar-refractivity contribution is -0.152. The van der Waals surface area contributed by atoms with Gasteiger partial charge in [-0.15, -0.1) is 0 Å². The van der Waals surface area contributed by atoms with Crippen LogP contribution in [0.3, 0.4) is 0 Å². The molecule has 0 aromatic heterocycles. The summed E-state index contributed by atoms with van der Waals surface area (Å²) in [6.07, 6.45) is 22.1. The molecule has 234 valence electrons. The van der Waals surface area contributed by atoms with E-state index in [0.717, 1.165) is 38.5 Å². The summed E-state index contributed by atoms with van der Waals surface area (Å²) >= 11 is 0. The Labute approximate surface area is 238 Å². The summed E-state index contributed by atoms with van der Waals surface area (Å²) in [5, 5.41) is 24.8. The minimum absolute atomic E-state index is 0.294. The van der Waals surface area contributed by atoms with Gasteiger partial charge in [0.25, 0.3) is 0 Å². The summed E-state index contributed by atoms with van der Waals surface area (Å²) in [6, 6.07) is 0. The van der Waals surface area contributed by atoms with Crippen LogP contribution in [0.5, 0.6) is 0 Å². The first kappa shape index (κ1) is 41.8. The summed E-state index contributed by atoms with van der Waals surface area (Å²) in [7, 11) is 0. The van der Waals surface area contributed by atoms with Gasteiger partial charge < -0.3 is 29.5 Å². The van der Waals surface area contributed by atoms with E-state index < -0.39 is 20.4 Å². The van der Waals surface area contributed by atoms with Gasteiger partial charge in [0.2, 0.25) is 0 Å². The molecule has 0 aromatic rings. The molecule has 0 saturated heterocycles. The Balaban J connectivity index is -0.000000498. The van der Waals surface area contributed by atoms with Gasteiger partial charge in [-0.25, -0.2) is 0 Å². The van der Waals surface area contributed by atoms with Crippen molar-refractivity contribution in [1.29, 1.82) is 0 Å². The Bertz CT molecular complexity index is 441. The molecule has 0 heterocycles. The van der Waals surface area contributed by atoms with Crippen LogP contribution in [0, 0.1) is 0 Å². The first-order valence-corrected chi connectivity index (χ1v) is 15.2. The highest BCUT2D eigenvalue weighted by atomic mass is 16.6. The number of ether oxygens (including phenoxy) is 3. The molecule has 0 rings (SSSR count). The summed E-state index contributed by atoms with van der Waals surface area (Å²) < 4.78 is 13.2. The second kappa shape index (κ2) is 38.4. The normalized spacial score (nSPS) is 10.0. The summed E-state index contributed by atoms with van der Waals surface area (Å²) in [6.45, 7) is 5.06. The molecule has 9 nitrogen and oxygen atoms in total. The minimum Gasteiger partial charge on any atom is -0.439 e. The van der Waals surface area contributed by atoms with E-state index in [9.17, 15) is 14.4 Å². The minimum atomic E-state index is -0.491. The maximum absolute atomic E-state index is 10.7. The molecule has 0 atom stereocenters. The molecular weight excluding hydrogens is 504 g/mol. The smallest absolute Gasteiger partial charge is 0.307 e. The predicted octanol–water partition coefficient (Wildman–Crippen LogP) is 6.69. The maximum Gasteiger partial charge on any atom is 0.307 e. The van der Waals surface area contributed by atoms with Crippen molar-refractivity contribution in [2.24, 2.45) is 0 Å². The number of carbonyl (C=O) groups excluding carboxylic acids is 3. The molecule has 0 bridgehead atoms. The Morgan fingerprint density at radius 2 is 0.590 bits per heavy atom. The van der Waals surface area contributed by atoms with Gasteiger partial charge in [-0.05, 0) is 19.3 Å². The average Bonchev–Trinajstić information content (AvgIpc) is 2.91. The van der Waals surface area contributed by atoms with E-state index in [2.05, 4.69) is 35.0 Å². The molecular formula is C30H60O9. The number of esters is 3. The van der Waals surface area contributed by atoms with Crippen LogP contribution in [-0.2, 0) is 28.6 Å². The van der Waals surface area contributed by atoms with Gasteiger partial charge >= 0.3 is 17.9 Å². The molecule has 0 unspecified atom stereocenters. The summed E-state index contributed by atoms with van der Waals surface area (Å²) in [5.41, 5.74) is 0. The van der Waals surface area contributed by atoms with Crippen LogP contribution in [0.2, 0.25) is 0 Å². The van der Waals surface area contributed by atoms with Gasteiger partial charge in [-0.3, -0.25) is 14.4 Å². The maximum atomic E-state index is 10.7. The van der Waals surface area contributed by atoms with Gasteiger partial charge in [-0.2, -0.15) is 0 Å². The molecule has 0 fully saturated rings. The zero-order valence-electron chi connectivity index (χ0n) is 25.3. The standard InChI is InChI=1S/3C10H20O3/c3*1-2-3-4-5-6-7-8-10(12)13-9-11/h3*11H,2-9H2,1H3. The van der Waals surface area contributed by atoms with Crippen LogP contribution in [0.4, 0.5) is 0 Å². The largest absolute Gasteiger partial charge is 0.439 e. The van der Waals surface area contributed by atoms with Gasteiger partial charge in [0.05, 0.1) is 0 Å². The molecule has 0 spiro atoms. The van der Waals surface area contributed by atoms with Crippen LogP contribution < -0.4 is 0 Å². The number of carbonyl (C=O) groups is 3. The fourth-order valence-electron chi connectivity index (χ4n) is 3.58. The number of rotatable bonds is 24. The third-order valence-electron chi connectivity index (χ3n) is 5.88. The molecule has 39 heavy (non-hydrogen) atoms. The second-order valence-electron chi connectivity index (χ2n) is 9.49. The van der Waals surface area contributed by atoms with Crippen molar-refractivity contribution >= 4 is 17.9 Å². The molecule has 0 saturated carbocycles. The highest BCUT2D eigenvalue weighted by molar-refractivity contribution is 5.69. The number of aliphatic hydroxyl groups is 3. The van der Waals surface area contributed by atoms with Gasteiger partial charge in [-0.1, -0.05) is 117 Å². The van der Waals surface area contributed by atoms with Crippen LogP contribution in [0.15, 0.2) is 0 Å². The van der Waals surface area contributed by atoms with Crippen molar-refractivity contribution in [3.05, 3.63) is 0 Å². The second-order valence-corrected chi connectivity index (χ2v) is 9.49. The molecule has 9 heteroatoms. The fourth-order valence-corrected chi connectivity index (χ4v) is 3.58. The van der Waals surface area contributed by atoms with E-state index in [-0.39, 0.29) is 17.9 Å². The Hall–Kier alpha value is -1.71. The number of aliphatic hydroxyl groups excluding tert-OH is 3. The topological polar surface area (TPSA) is 140 Å². The molecule has 0 radical (unpaired) electrons. The lowest BCUT2D eigenvalue weighted by atomic mass is 10.1. The van der Waals surface area contributed by atoms with Crippen molar-refractivity contribution in [2.45, 2.75) is 156 Å². The van der Waals surface area contributed by atoms with E-state index in [4.69, 9.17) is 15.3 Å². The number of hydrogen-bond acceptors (Lipinski definition) is 9. The van der Waals surface area contributed by atoms with Crippen molar-refractivity contribution in [3.63, 3.8) is 0 Å². The quantitative estimate of drug-likeness (QED) is 0.0506. The lowest BCUT2D eigenvalue weighted by Gasteiger charge is -2.00. The third kappa shape index (κ3) is 43.6. The van der Waals surface area contributed by atoms with Crippen LogP contribution in [0.1, 0.15) is 156 Å². The van der Waals surface area contributed by atoms with Crippen molar-refractivity contribution in [1.82, 2.24) is 0 Å². The van der Waals surface area contributed by atoms with Crippen LogP contribution in [-0.4, -0.2) is 53.6 Å². The zero-order valence-corrected chi connectivity index (χ0v) is 25.3. The van der Waals surface area contributed by atoms with E-state index in [1.807, 2.05) is 0 Å². The first-order valence-electron chi connectivity index (χ1n) is 15.2.